The second kappa shape index (κ2) is 6.65. The summed E-state index contributed by atoms with van der Waals surface area (Å²) in [6, 6.07) is 8.50. The molecule has 0 heterocycles. The van der Waals surface area contributed by atoms with Crippen molar-refractivity contribution in [2.24, 2.45) is 10.8 Å². The van der Waals surface area contributed by atoms with Crippen LogP contribution in [0.2, 0.25) is 0 Å². The maximum Gasteiger partial charge on any atom is 0.113 e. The first-order valence-corrected chi connectivity index (χ1v) is 7.63. The predicted molar refractivity (Wildman–Crippen MR) is 92.0 cm³/mol. The summed E-state index contributed by atoms with van der Waals surface area (Å²) in [7, 11) is 5.70. The molecule has 0 nitrogen and oxygen atoms in total. The van der Waals surface area contributed by atoms with Gasteiger partial charge in [0.1, 0.15) is 7.85 Å². The van der Waals surface area contributed by atoms with Crippen LogP contribution in [0, 0.1) is 10.8 Å². The Labute approximate surface area is 127 Å². The first-order chi connectivity index (χ1) is 9.09. The van der Waals surface area contributed by atoms with E-state index in [0.29, 0.717) is 16.3 Å². The molecule has 0 saturated heterocycles. The van der Waals surface area contributed by atoms with Crippen LogP contribution >= 0.6 is 0 Å². The van der Waals surface area contributed by atoms with Gasteiger partial charge in [-0.25, -0.2) is 0 Å². The molecule has 0 fully saturated rings. The van der Waals surface area contributed by atoms with E-state index in [4.69, 9.17) is 7.85 Å². The molecular formula is C19H29B. The minimum absolute atomic E-state index is 0.354. The van der Waals surface area contributed by atoms with Crippen molar-refractivity contribution in [3.8, 4) is 0 Å². The molecule has 0 spiro atoms. The zero-order valence-corrected chi connectivity index (χ0v) is 13.9. The van der Waals surface area contributed by atoms with E-state index in [0.717, 1.165) is 12.0 Å². The Morgan fingerprint density at radius 2 is 1.55 bits per heavy atom. The number of hydrogen-bond donors (Lipinski definition) is 0. The summed E-state index contributed by atoms with van der Waals surface area (Å²) in [5, 5.41) is 0. The van der Waals surface area contributed by atoms with Gasteiger partial charge < -0.3 is 0 Å². The van der Waals surface area contributed by atoms with Gasteiger partial charge in [-0.3, -0.25) is 0 Å². The molecule has 0 aliphatic heterocycles. The fourth-order valence-electron chi connectivity index (χ4n) is 2.57. The van der Waals surface area contributed by atoms with Gasteiger partial charge in [-0.2, -0.15) is 0 Å². The van der Waals surface area contributed by atoms with E-state index >= 15 is 0 Å². The average molecular weight is 268 g/mol. The maximum atomic E-state index is 5.70. The van der Waals surface area contributed by atoms with Gasteiger partial charge in [-0.05, 0) is 41.2 Å². The van der Waals surface area contributed by atoms with Crippen LogP contribution in [0.5, 0.6) is 0 Å². The first kappa shape index (κ1) is 17.1. The molecule has 0 aromatic heterocycles. The number of benzene rings is 1. The molecule has 2 radical (unpaired) electrons. The lowest BCUT2D eigenvalue weighted by Crippen LogP contribution is -2.16. The molecule has 0 amide bonds. The highest BCUT2D eigenvalue weighted by molar-refractivity contribution is 6.41. The lowest BCUT2D eigenvalue weighted by Gasteiger charge is -2.27. The first-order valence-electron chi connectivity index (χ1n) is 7.63. The fraction of sp³-hybridized carbons (Fsp3) is 0.579. The topological polar surface area (TPSA) is 0 Å². The Bertz CT molecular complexity index is 432. The quantitative estimate of drug-likeness (QED) is 0.588. The summed E-state index contributed by atoms with van der Waals surface area (Å²) in [5.41, 5.74) is 3.85. The molecule has 0 saturated carbocycles. The van der Waals surface area contributed by atoms with Crippen LogP contribution in [-0.2, 0) is 6.42 Å². The third-order valence-corrected chi connectivity index (χ3v) is 3.79. The molecule has 108 valence electrons. The lowest BCUT2D eigenvalue weighted by molar-refractivity contribution is 0.280. The molecule has 0 atom stereocenters. The van der Waals surface area contributed by atoms with E-state index in [1.54, 1.807) is 0 Å². The van der Waals surface area contributed by atoms with Crippen LogP contribution in [0.1, 0.15) is 65.0 Å². The Hall–Kier alpha value is -0.975. The van der Waals surface area contributed by atoms with Crippen LogP contribution in [0.25, 0.3) is 5.47 Å². The van der Waals surface area contributed by atoms with Gasteiger partial charge in [0.2, 0.25) is 0 Å². The van der Waals surface area contributed by atoms with Gasteiger partial charge in [0, 0.05) is 0 Å². The molecular weight excluding hydrogens is 239 g/mol. The summed E-state index contributed by atoms with van der Waals surface area (Å²) in [6.07, 6.45) is 4.99. The van der Waals surface area contributed by atoms with Gasteiger partial charge >= 0.3 is 0 Å². The van der Waals surface area contributed by atoms with Crippen molar-refractivity contribution < 1.29 is 0 Å². The van der Waals surface area contributed by atoms with E-state index in [2.05, 4.69) is 65.5 Å². The second-order valence-corrected chi connectivity index (χ2v) is 7.98. The lowest BCUT2D eigenvalue weighted by atomic mass is 9.78. The standard InChI is InChI=1S/C19H29B/c1-15(20)17-10-8-16(9-11-17)14-19(5,6)13-7-12-18(2,3)4/h8-11H,1,7,12-14H2,2-6H3. The Balaban J connectivity index is 2.55. The smallest absolute Gasteiger partial charge is 0.106 e. The summed E-state index contributed by atoms with van der Waals surface area (Å²) >= 11 is 0. The summed E-state index contributed by atoms with van der Waals surface area (Å²) in [6.45, 7) is 15.5. The van der Waals surface area contributed by atoms with Gasteiger partial charge in [0.25, 0.3) is 0 Å². The summed E-state index contributed by atoms with van der Waals surface area (Å²) in [4.78, 5) is 0. The van der Waals surface area contributed by atoms with Crippen molar-refractivity contribution >= 4 is 13.3 Å². The zero-order chi connectivity index (χ0) is 15.4. The van der Waals surface area contributed by atoms with Crippen LogP contribution in [0.4, 0.5) is 0 Å². The van der Waals surface area contributed by atoms with Crippen molar-refractivity contribution in [1.29, 1.82) is 0 Å². The highest BCUT2D eigenvalue weighted by Crippen LogP contribution is 2.31. The maximum absolute atomic E-state index is 5.70. The van der Waals surface area contributed by atoms with Crippen LogP contribution in [-0.4, -0.2) is 7.85 Å². The molecule has 20 heavy (non-hydrogen) atoms. The fourth-order valence-corrected chi connectivity index (χ4v) is 2.57. The number of rotatable bonds is 6. The van der Waals surface area contributed by atoms with E-state index < -0.39 is 0 Å². The Morgan fingerprint density at radius 3 is 2.00 bits per heavy atom. The molecule has 1 heteroatoms. The normalized spacial score (nSPS) is 12.4. The molecule has 0 unspecified atom stereocenters. The van der Waals surface area contributed by atoms with Crippen molar-refractivity contribution in [1.82, 2.24) is 0 Å². The monoisotopic (exact) mass is 268 g/mol. The van der Waals surface area contributed by atoms with Gasteiger partial charge in [-0.1, -0.05) is 70.8 Å². The molecule has 1 aromatic rings. The second-order valence-electron chi connectivity index (χ2n) is 7.98. The summed E-state index contributed by atoms with van der Waals surface area (Å²) < 4.78 is 0. The highest BCUT2D eigenvalue weighted by atomic mass is 14.2. The summed E-state index contributed by atoms with van der Waals surface area (Å²) in [5.74, 6) is 0. The molecule has 0 aliphatic carbocycles. The van der Waals surface area contributed by atoms with Crippen molar-refractivity contribution in [3.63, 3.8) is 0 Å². The minimum Gasteiger partial charge on any atom is -0.106 e. The van der Waals surface area contributed by atoms with Gasteiger partial charge in [-0.15, -0.1) is 6.58 Å². The molecule has 0 aliphatic rings. The highest BCUT2D eigenvalue weighted by Gasteiger charge is 2.20. The predicted octanol–water partition coefficient (Wildman–Crippen LogP) is 5.61. The molecule has 1 aromatic carbocycles. The average Bonchev–Trinajstić information content (AvgIpc) is 2.26. The van der Waals surface area contributed by atoms with Crippen LogP contribution < -0.4 is 0 Å². The van der Waals surface area contributed by atoms with Crippen molar-refractivity contribution in [2.75, 3.05) is 0 Å². The van der Waals surface area contributed by atoms with Gasteiger partial charge in [0.15, 0.2) is 0 Å². The van der Waals surface area contributed by atoms with E-state index in [9.17, 15) is 0 Å². The van der Waals surface area contributed by atoms with Crippen molar-refractivity contribution in [2.45, 2.75) is 60.3 Å². The Morgan fingerprint density at radius 1 is 1.00 bits per heavy atom. The number of hydrogen-bond acceptors (Lipinski definition) is 0. The zero-order valence-electron chi connectivity index (χ0n) is 13.9. The third kappa shape index (κ3) is 6.46. The SMILES string of the molecule is [B]C(=C)c1ccc(CC(C)(C)CCCC(C)(C)C)cc1. The molecule has 0 bridgehead atoms. The largest absolute Gasteiger partial charge is 0.113 e. The van der Waals surface area contributed by atoms with E-state index in [-0.39, 0.29) is 0 Å². The molecule has 1 rings (SSSR count). The minimum atomic E-state index is 0.354. The third-order valence-electron chi connectivity index (χ3n) is 3.79. The van der Waals surface area contributed by atoms with Crippen molar-refractivity contribution in [3.05, 3.63) is 42.0 Å². The van der Waals surface area contributed by atoms with Gasteiger partial charge in [0.05, 0.1) is 0 Å². The van der Waals surface area contributed by atoms with Crippen LogP contribution in [0.3, 0.4) is 0 Å². The Kier molecular flexibility index (Phi) is 5.68. The van der Waals surface area contributed by atoms with E-state index in [1.807, 2.05) is 0 Å². The van der Waals surface area contributed by atoms with E-state index in [1.165, 1.54) is 24.8 Å². The molecule has 0 N–H and O–H groups in total. The van der Waals surface area contributed by atoms with Crippen LogP contribution in [0.15, 0.2) is 30.8 Å².